The zero-order valence-electron chi connectivity index (χ0n) is 9.93. The smallest absolute Gasteiger partial charge is 0.000654 e. The van der Waals surface area contributed by atoms with E-state index in [1.54, 1.807) is 0 Å². The van der Waals surface area contributed by atoms with Gasteiger partial charge in [0.25, 0.3) is 0 Å². The molecule has 0 atom stereocenters. The van der Waals surface area contributed by atoms with Gasteiger partial charge in [-0.3, -0.25) is 0 Å². The maximum absolute atomic E-state index is 2.58. The van der Waals surface area contributed by atoms with Crippen molar-refractivity contribution in [3.8, 4) is 0 Å². The van der Waals surface area contributed by atoms with Crippen molar-refractivity contribution < 1.29 is 0 Å². The molecule has 0 amide bonds. The van der Waals surface area contributed by atoms with Gasteiger partial charge in [-0.15, -0.1) is 0 Å². The Bertz CT molecular complexity index is 118. The van der Waals surface area contributed by atoms with Gasteiger partial charge < -0.3 is 4.90 Å². The van der Waals surface area contributed by atoms with Gasteiger partial charge in [-0.25, -0.2) is 0 Å². The second kappa shape index (κ2) is 8.28. The van der Waals surface area contributed by atoms with E-state index >= 15 is 0 Å². The molecule has 0 unspecified atom stereocenters. The van der Waals surface area contributed by atoms with Crippen LogP contribution in [-0.2, 0) is 0 Å². The zero-order valence-corrected chi connectivity index (χ0v) is 9.93. The summed E-state index contributed by atoms with van der Waals surface area (Å²) in [4.78, 5) is 2.58. The molecule has 0 aromatic carbocycles. The lowest BCUT2D eigenvalue weighted by Gasteiger charge is -2.30. The summed E-state index contributed by atoms with van der Waals surface area (Å²) in [5.41, 5.74) is 0. The minimum atomic E-state index is 1.37. The highest BCUT2D eigenvalue weighted by Crippen LogP contribution is 2.11. The van der Waals surface area contributed by atoms with E-state index in [9.17, 15) is 0 Å². The zero-order chi connectivity index (χ0) is 10.1. The van der Waals surface area contributed by atoms with Crippen molar-refractivity contribution in [2.75, 3.05) is 19.6 Å². The Kier molecular flexibility index (Phi) is 7.12. The molecule has 1 heteroatoms. The first kappa shape index (κ1) is 12.0. The van der Waals surface area contributed by atoms with Gasteiger partial charge >= 0.3 is 0 Å². The van der Waals surface area contributed by atoms with Gasteiger partial charge in [0.05, 0.1) is 0 Å². The second-order valence-corrected chi connectivity index (χ2v) is 4.67. The van der Waals surface area contributed by atoms with Crippen LogP contribution in [0.3, 0.4) is 0 Å². The van der Waals surface area contributed by atoms with Crippen LogP contribution in [0, 0.1) is 0 Å². The molecule has 84 valence electrons. The SMILES string of the molecule is CCCCCCCCCCN1CCC1. The molecule has 0 saturated carbocycles. The molecular formula is C13H27N. The normalized spacial score (nSPS) is 16.9. The van der Waals surface area contributed by atoms with Crippen molar-refractivity contribution in [3.63, 3.8) is 0 Å². The Morgan fingerprint density at radius 1 is 0.786 bits per heavy atom. The van der Waals surface area contributed by atoms with Gasteiger partial charge in [0.15, 0.2) is 0 Å². The van der Waals surface area contributed by atoms with Gasteiger partial charge in [0, 0.05) is 0 Å². The third kappa shape index (κ3) is 5.64. The molecule has 0 aromatic heterocycles. The van der Waals surface area contributed by atoms with E-state index in [1.165, 1.54) is 77.4 Å². The molecule has 1 heterocycles. The molecule has 1 aliphatic rings. The van der Waals surface area contributed by atoms with Crippen LogP contribution in [0.15, 0.2) is 0 Å². The van der Waals surface area contributed by atoms with Crippen molar-refractivity contribution in [1.82, 2.24) is 4.90 Å². The van der Waals surface area contributed by atoms with E-state index in [0.717, 1.165) is 0 Å². The fourth-order valence-electron chi connectivity index (χ4n) is 2.07. The van der Waals surface area contributed by atoms with Gasteiger partial charge in [-0.05, 0) is 32.5 Å². The number of nitrogens with zero attached hydrogens (tertiary/aromatic N) is 1. The van der Waals surface area contributed by atoms with E-state index in [-0.39, 0.29) is 0 Å². The highest BCUT2D eigenvalue weighted by molar-refractivity contribution is 4.67. The average Bonchev–Trinajstić information content (AvgIpc) is 2.13. The van der Waals surface area contributed by atoms with Crippen molar-refractivity contribution >= 4 is 0 Å². The molecule has 0 bridgehead atoms. The van der Waals surface area contributed by atoms with Crippen LogP contribution in [-0.4, -0.2) is 24.5 Å². The topological polar surface area (TPSA) is 3.24 Å². The fraction of sp³-hybridized carbons (Fsp3) is 1.00. The fourth-order valence-corrected chi connectivity index (χ4v) is 2.07. The van der Waals surface area contributed by atoms with Crippen molar-refractivity contribution in [1.29, 1.82) is 0 Å². The van der Waals surface area contributed by atoms with Crippen molar-refractivity contribution in [2.24, 2.45) is 0 Å². The minimum absolute atomic E-state index is 1.37. The third-order valence-electron chi connectivity index (χ3n) is 3.28. The number of hydrogen-bond acceptors (Lipinski definition) is 1. The van der Waals surface area contributed by atoms with Crippen LogP contribution >= 0.6 is 0 Å². The van der Waals surface area contributed by atoms with Gasteiger partial charge in [-0.1, -0.05) is 51.9 Å². The van der Waals surface area contributed by atoms with Gasteiger partial charge in [0.2, 0.25) is 0 Å². The molecule has 1 nitrogen and oxygen atoms in total. The van der Waals surface area contributed by atoms with Crippen molar-refractivity contribution in [2.45, 2.75) is 64.7 Å². The monoisotopic (exact) mass is 197 g/mol. The molecule has 14 heavy (non-hydrogen) atoms. The van der Waals surface area contributed by atoms with Crippen LogP contribution in [0.5, 0.6) is 0 Å². The Morgan fingerprint density at radius 2 is 1.36 bits per heavy atom. The Balaban J connectivity index is 1.67. The molecule has 0 aromatic rings. The summed E-state index contributed by atoms with van der Waals surface area (Å²) >= 11 is 0. The largest absolute Gasteiger partial charge is 0.303 e. The van der Waals surface area contributed by atoms with Crippen LogP contribution < -0.4 is 0 Å². The first-order valence-corrected chi connectivity index (χ1v) is 6.66. The van der Waals surface area contributed by atoms with Crippen molar-refractivity contribution in [3.05, 3.63) is 0 Å². The summed E-state index contributed by atoms with van der Waals surface area (Å²) < 4.78 is 0. The van der Waals surface area contributed by atoms with Gasteiger partial charge in [-0.2, -0.15) is 0 Å². The first-order chi connectivity index (χ1) is 6.93. The number of likely N-dealkylation sites (tertiary alicyclic amines) is 1. The molecule has 0 aliphatic carbocycles. The van der Waals surface area contributed by atoms with E-state index in [4.69, 9.17) is 0 Å². The lowest BCUT2D eigenvalue weighted by Crippen LogP contribution is -2.37. The minimum Gasteiger partial charge on any atom is -0.303 e. The lowest BCUT2D eigenvalue weighted by molar-refractivity contribution is 0.177. The molecule has 0 spiro atoms. The van der Waals surface area contributed by atoms with E-state index in [2.05, 4.69) is 11.8 Å². The molecule has 1 saturated heterocycles. The lowest BCUT2D eigenvalue weighted by atomic mass is 10.1. The average molecular weight is 197 g/mol. The molecule has 0 radical (unpaired) electrons. The Labute approximate surface area is 89.9 Å². The molecular weight excluding hydrogens is 170 g/mol. The number of rotatable bonds is 9. The highest BCUT2D eigenvalue weighted by atomic mass is 15.2. The van der Waals surface area contributed by atoms with Crippen LogP contribution in [0.4, 0.5) is 0 Å². The standard InChI is InChI=1S/C13H27N/c1-2-3-4-5-6-7-8-9-11-14-12-10-13-14/h2-13H2,1H3. The number of unbranched alkanes of at least 4 members (excludes halogenated alkanes) is 7. The van der Waals surface area contributed by atoms with E-state index in [0.29, 0.717) is 0 Å². The highest BCUT2D eigenvalue weighted by Gasteiger charge is 2.11. The third-order valence-corrected chi connectivity index (χ3v) is 3.28. The predicted molar refractivity (Wildman–Crippen MR) is 63.7 cm³/mol. The summed E-state index contributed by atoms with van der Waals surface area (Å²) in [5.74, 6) is 0. The predicted octanol–water partition coefficient (Wildman–Crippen LogP) is 3.83. The summed E-state index contributed by atoms with van der Waals surface area (Å²) in [6, 6.07) is 0. The molecule has 1 fully saturated rings. The summed E-state index contributed by atoms with van der Waals surface area (Å²) in [6.07, 6.45) is 13.0. The Morgan fingerprint density at radius 3 is 1.86 bits per heavy atom. The first-order valence-electron chi connectivity index (χ1n) is 6.66. The Hall–Kier alpha value is -0.0400. The molecule has 1 aliphatic heterocycles. The molecule has 0 N–H and O–H groups in total. The van der Waals surface area contributed by atoms with E-state index < -0.39 is 0 Å². The van der Waals surface area contributed by atoms with Crippen LogP contribution in [0.2, 0.25) is 0 Å². The van der Waals surface area contributed by atoms with Crippen LogP contribution in [0.25, 0.3) is 0 Å². The number of hydrogen-bond donors (Lipinski definition) is 0. The quantitative estimate of drug-likeness (QED) is 0.508. The maximum atomic E-state index is 2.58. The second-order valence-electron chi connectivity index (χ2n) is 4.67. The summed E-state index contributed by atoms with van der Waals surface area (Å²) in [6.45, 7) is 6.40. The molecule has 1 rings (SSSR count). The van der Waals surface area contributed by atoms with Gasteiger partial charge in [0.1, 0.15) is 0 Å². The summed E-state index contributed by atoms with van der Waals surface area (Å²) in [5, 5.41) is 0. The van der Waals surface area contributed by atoms with Crippen LogP contribution in [0.1, 0.15) is 64.7 Å². The maximum Gasteiger partial charge on any atom is -0.000654 e. The summed E-state index contributed by atoms with van der Waals surface area (Å²) in [7, 11) is 0. The van der Waals surface area contributed by atoms with E-state index in [1.807, 2.05) is 0 Å².